The molecule has 0 aliphatic heterocycles. The molecule has 0 aliphatic rings. The van der Waals surface area contributed by atoms with Gasteiger partial charge in [-0.05, 0) is 42.7 Å². The predicted octanol–water partition coefficient (Wildman–Crippen LogP) is 4.66. The third-order valence-electron chi connectivity index (χ3n) is 3.11. The van der Waals surface area contributed by atoms with Gasteiger partial charge in [-0.15, -0.1) is 23.5 Å². The van der Waals surface area contributed by atoms with E-state index in [-0.39, 0.29) is 6.61 Å². The summed E-state index contributed by atoms with van der Waals surface area (Å²) in [4.78, 5) is 6.46. The minimum atomic E-state index is 0.144. The van der Waals surface area contributed by atoms with Gasteiger partial charge in [-0.1, -0.05) is 17.7 Å². The summed E-state index contributed by atoms with van der Waals surface area (Å²) < 4.78 is 0. The highest BCUT2D eigenvalue weighted by atomic mass is 35.5. The summed E-state index contributed by atoms with van der Waals surface area (Å²) in [7, 11) is 1.71. The Morgan fingerprint density at radius 3 is 2.71 bits per heavy atom. The summed E-state index contributed by atoms with van der Waals surface area (Å²) in [5, 5.41) is 16.0. The quantitative estimate of drug-likeness (QED) is 0.386. The molecule has 3 N–H and O–H groups in total. The Morgan fingerprint density at radius 1 is 1.17 bits per heavy atom. The highest BCUT2D eigenvalue weighted by Gasteiger charge is 2.06. The van der Waals surface area contributed by atoms with Crippen molar-refractivity contribution in [1.29, 1.82) is 0 Å². The van der Waals surface area contributed by atoms with E-state index in [4.69, 9.17) is 16.7 Å². The molecule has 0 spiro atoms. The number of guanidine groups is 1. The van der Waals surface area contributed by atoms with E-state index < -0.39 is 0 Å². The van der Waals surface area contributed by atoms with E-state index in [0.29, 0.717) is 16.7 Å². The fourth-order valence-electron chi connectivity index (χ4n) is 1.96. The zero-order chi connectivity index (χ0) is 17.4. The number of hydrogen-bond donors (Lipinski definition) is 3. The van der Waals surface area contributed by atoms with Crippen LogP contribution in [0.2, 0.25) is 5.02 Å². The van der Waals surface area contributed by atoms with E-state index in [1.54, 1.807) is 30.6 Å². The molecule has 2 aromatic carbocycles. The Kier molecular flexibility index (Phi) is 7.78. The summed E-state index contributed by atoms with van der Waals surface area (Å²) in [5.74, 6) is 1.26. The van der Waals surface area contributed by atoms with Gasteiger partial charge in [-0.2, -0.15) is 0 Å². The number of benzene rings is 2. The van der Waals surface area contributed by atoms with Gasteiger partial charge in [0.15, 0.2) is 5.96 Å². The molecular weight excluding hydrogens is 362 g/mol. The Balaban J connectivity index is 2.12. The standard InChI is InChI=1S/C17H20ClN3OS2/c1-19-17(20-12-4-3-5-13(10-12)23-2)21-16-11-14(24-9-8-22)6-7-15(16)18/h3-7,10-11,22H,8-9H2,1-2H3,(H2,19,20,21). The van der Waals surface area contributed by atoms with Gasteiger partial charge in [0.1, 0.15) is 0 Å². The van der Waals surface area contributed by atoms with E-state index >= 15 is 0 Å². The second-order valence-corrected chi connectivity index (χ2v) is 7.22. The van der Waals surface area contributed by atoms with Gasteiger partial charge in [-0.3, -0.25) is 4.99 Å². The predicted molar refractivity (Wildman–Crippen MR) is 108 cm³/mol. The second kappa shape index (κ2) is 9.84. The molecule has 0 bridgehead atoms. The number of aliphatic hydroxyl groups is 1. The molecule has 24 heavy (non-hydrogen) atoms. The maximum absolute atomic E-state index is 8.95. The second-order valence-electron chi connectivity index (χ2n) is 4.77. The van der Waals surface area contributed by atoms with Crippen molar-refractivity contribution in [2.24, 2.45) is 4.99 Å². The van der Waals surface area contributed by atoms with E-state index in [2.05, 4.69) is 27.8 Å². The minimum Gasteiger partial charge on any atom is -0.396 e. The summed E-state index contributed by atoms with van der Waals surface area (Å²) in [6.07, 6.45) is 2.04. The average molecular weight is 382 g/mol. The van der Waals surface area contributed by atoms with Crippen molar-refractivity contribution >= 4 is 52.5 Å². The number of nitrogens with one attached hydrogen (secondary N) is 2. The molecule has 0 aliphatic carbocycles. The lowest BCUT2D eigenvalue weighted by atomic mass is 10.3. The number of thioether (sulfide) groups is 2. The van der Waals surface area contributed by atoms with Crippen LogP contribution in [0.15, 0.2) is 57.2 Å². The third kappa shape index (κ3) is 5.63. The van der Waals surface area contributed by atoms with Crippen LogP contribution >= 0.6 is 35.1 Å². The van der Waals surface area contributed by atoms with Crippen molar-refractivity contribution in [2.75, 3.05) is 36.3 Å². The van der Waals surface area contributed by atoms with Crippen LogP contribution in [0.1, 0.15) is 0 Å². The first-order valence-corrected chi connectivity index (χ1v) is 9.93. The molecule has 0 saturated heterocycles. The highest BCUT2D eigenvalue weighted by Crippen LogP contribution is 2.28. The van der Waals surface area contributed by atoms with Crippen LogP contribution in [0.25, 0.3) is 0 Å². The lowest BCUT2D eigenvalue weighted by Gasteiger charge is -2.14. The summed E-state index contributed by atoms with van der Waals surface area (Å²) in [6, 6.07) is 13.8. The zero-order valence-electron chi connectivity index (χ0n) is 13.5. The first-order chi connectivity index (χ1) is 11.7. The van der Waals surface area contributed by atoms with Crippen molar-refractivity contribution in [1.82, 2.24) is 0 Å². The highest BCUT2D eigenvalue weighted by molar-refractivity contribution is 7.99. The van der Waals surface area contributed by atoms with Gasteiger partial charge >= 0.3 is 0 Å². The fourth-order valence-corrected chi connectivity index (χ4v) is 3.28. The van der Waals surface area contributed by atoms with Gasteiger partial charge < -0.3 is 15.7 Å². The van der Waals surface area contributed by atoms with Crippen LogP contribution in [0, 0.1) is 0 Å². The third-order valence-corrected chi connectivity index (χ3v) is 5.14. The molecule has 0 heterocycles. The maximum Gasteiger partial charge on any atom is 0.200 e. The van der Waals surface area contributed by atoms with Crippen LogP contribution < -0.4 is 10.6 Å². The van der Waals surface area contributed by atoms with Gasteiger partial charge in [0.2, 0.25) is 0 Å². The number of halogens is 1. The van der Waals surface area contributed by atoms with Crippen LogP contribution in [0.3, 0.4) is 0 Å². The van der Waals surface area contributed by atoms with Crippen LogP contribution in [0.4, 0.5) is 11.4 Å². The summed E-state index contributed by atoms with van der Waals surface area (Å²) in [6.45, 7) is 0.144. The average Bonchev–Trinajstić information content (AvgIpc) is 2.61. The van der Waals surface area contributed by atoms with Gasteiger partial charge in [-0.25, -0.2) is 0 Å². The smallest absolute Gasteiger partial charge is 0.200 e. The molecule has 0 amide bonds. The van der Waals surface area contributed by atoms with E-state index in [1.807, 2.05) is 36.6 Å². The summed E-state index contributed by atoms with van der Waals surface area (Å²) >= 11 is 9.54. The molecule has 128 valence electrons. The molecule has 0 aromatic heterocycles. The van der Waals surface area contributed by atoms with Crippen LogP contribution in [-0.2, 0) is 0 Å². The van der Waals surface area contributed by atoms with Crippen LogP contribution in [-0.4, -0.2) is 36.7 Å². The Labute approximate surface area is 156 Å². The number of aliphatic imine (C=N–C) groups is 1. The normalized spacial score (nSPS) is 11.4. The number of rotatable bonds is 6. The number of hydrogen-bond acceptors (Lipinski definition) is 4. The van der Waals surface area contributed by atoms with Crippen molar-refractivity contribution in [3.63, 3.8) is 0 Å². The first kappa shape index (κ1) is 19.0. The van der Waals surface area contributed by atoms with Gasteiger partial charge in [0.05, 0.1) is 17.3 Å². The topological polar surface area (TPSA) is 56.7 Å². The first-order valence-electron chi connectivity index (χ1n) is 7.34. The molecule has 0 saturated carbocycles. The minimum absolute atomic E-state index is 0.144. The largest absolute Gasteiger partial charge is 0.396 e. The molecule has 0 radical (unpaired) electrons. The molecule has 2 rings (SSSR count). The van der Waals surface area contributed by atoms with Crippen molar-refractivity contribution in [3.05, 3.63) is 47.5 Å². The van der Waals surface area contributed by atoms with Crippen molar-refractivity contribution in [2.45, 2.75) is 9.79 Å². The van der Waals surface area contributed by atoms with E-state index in [0.717, 1.165) is 16.3 Å². The van der Waals surface area contributed by atoms with Crippen LogP contribution in [0.5, 0.6) is 0 Å². The fraction of sp³-hybridized carbons (Fsp3) is 0.235. The van der Waals surface area contributed by atoms with Gasteiger partial charge in [0, 0.05) is 28.3 Å². The molecule has 2 aromatic rings. The van der Waals surface area contributed by atoms with Gasteiger partial charge in [0.25, 0.3) is 0 Å². The molecule has 0 fully saturated rings. The molecule has 7 heteroatoms. The summed E-state index contributed by atoms with van der Waals surface area (Å²) in [5.41, 5.74) is 1.73. The van der Waals surface area contributed by atoms with E-state index in [1.165, 1.54) is 4.90 Å². The zero-order valence-corrected chi connectivity index (χ0v) is 15.9. The molecule has 0 atom stereocenters. The molecular formula is C17H20ClN3OS2. The Morgan fingerprint density at radius 2 is 2.00 bits per heavy atom. The molecule has 0 unspecified atom stereocenters. The van der Waals surface area contributed by atoms with Crippen molar-refractivity contribution in [3.8, 4) is 0 Å². The van der Waals surface area contributed by atoms with E-state index in [9.17, 15) is 0 Å². The Bertz CT molecular complexity index is 710. The lowest BCUT2D eigenvalue weighted by molar-refractivity contribution is 0.322. The molecule has 4 nitrogen and oxygen atoms in total. The monoisotopic (exact) mass is 381 g/mol. The van der Waals surface area contributed by atoms with Crippen molar-refractivity contribution < 1.29 is 5.11 Å². The SMILES string of the molecule is CN=C(Nc1cccc(SC)c1)Nc1cc(SCCO)ccc1Cl. The number of nitrogens with zero attached hydrogens (tertiary/aromatic N) is 1. The maximum atomic E-state index is 8.95. The Hall–Kier alpha value is -1.34. The number of anilines is 2. The lowest BCUT2D eigenvalue weighted by Crippen LogP contribution is -2.22. The number of aliphatic hydroxyl groups excluding tert-OH is 1.